The molecule has 0 spiro atoms. The number of ketones is 1. The molecule has 0 amide bonds. The smallest absolute Gasteiger partial charge is 0.277 e. The van der Waals surface area contributed by atoms with E-state index in [1.807, 2.05) is 66.0 Å². The molecule has 2 aromatic heterocycles. The summed E-state index contributed by atoms with van der Waals surface area (Å²) in [6, 6.07) is 21.1. The van der Waals surface area contributed by atoms with E-state index in [-0.39, 0.29) is 16.8 Å². The van der Waals surface area contributed by atoms with Crippen LogP contribution in [0.15, 0.2) is 75.7 Å². The predicted molar refractivity (Wildman–Crippen MR) is 111 cm³/mol. The molecule has 2 aromatic carbocycles. The lowest BCUT2D eigenvalue weighted by molar-refractivity contribution is -0.116. The van der Waals surface area contributed by atoms with E-state index in [1.165, 1.54) is 11.3 Å². The Labute approximate surface area is 175 Å². The number of hydrogen-bond donors (Lipinski definition) is 0. The number of carbonyl (C=O) groups is 1. The van der Waals surface area contributed by atoms with Gasteiger partial charge >= 0.3 is 0 Å². The van der Waals surface area contributed by atoms with E-state index in [0.29, 0.717) is 10.9 Å². The highest BCUT2D eigenvalue weighted by molar-refractivity contribution is 7.99. The lowest BCUT2D eigenvalue weighted by atomic mass is 10.1. The average Bonchev–Trinajstić information content (AvgIpc) is 3.44. The van der Waals surface area contributed by atoms with Crippen molar-refractivity contribution in [3.8, 4) is 28.8 Å². The van der Waals surface area contributed by atoms with E-state index < -0.39 is 5.92 Å². The molecule has 0 unspecified atom stereocenters. The summed E-state index contributed by atoms with van der Waals surface area (Å²) in [5, 5.41) is 20.1. The van der Waals surface area contributed by atoms with Gasteiger partial charge in [0, 0.05) is 16.5 Å². The van der Waals surface area contributed by atoms with Gasteiger partial charge in [0.2, 0.25) is 5.89 Å². The van der Waals surface area contributed by atoms with E-state index >= 15 is 0 Å². The van der Waals surface area contributed by atoms with Crippen molar-refractivity contribution in [2.75, 3.05) is 5.75 Å². The summed E-state index contributed by atoms with van der Waals surface area (Å²) in [7, 11) is 0. The van der Waals surface area contributed by atoms with Gasteiger partial charge in [-0.05, 0) is 12.1 Å². The van der Waals surface area contributed by atoms with Crippen molar-refractivity contribution >= 4 is 28.9 Å². The van der Waals surface area contributed by atoms with Gasteiger partial charge in [0.1, 0.15) is 5.01 Å². The van der Waals surface area contributed by atoms with E-state index in [9.17, 15) is 10.1 Å². The number of Topliss-reactive ketones (excluding diaryl/α,β-unsaturated/α-hetero) is 1. The first-order valence-electron chi connectivity index (χ1n) is 8.69. The van der Waals surface area contributed by atoms with E-state index in [4.69, 9.17) is 4.42 Å². The van der Waals surface area contributed by atoms with Crippen LogP contribution in [0.4, 0.5) is 0 Å². The standard InChI is InChI=1S/C21H14N4O2S2/c22-11-16(20-23-17(12-28-20)14-7-3-1-4-8-14)18(26)13-29-21-25-24-19(27-21)15-9-5-2-6-10-15/h1-10,12,16H,13H2/t16-/m1/s1. The van der Waals surface area contributed by atoms with Crippen molar-refractivity contribution in [1.82, 2.24) is 15.2 Å². The van der Waals surface area contributed by atoms with Gasteiger partial charge in [0.25, 0.3) is 5.22 Å². The van der Waals surface area contributed by atoms with Crippen molar-refractivity contribution in [1.29, 1.82) is 5.26 Å². The van der Waals surface area contributed by atoms with Crippen LogP contribution in [0.1, 0.15) is 10.9 Å². The molecular formula is C21H14N4O2S2. The SMILES string of the molecule is N#C[C@H](C(=O)CSc1nnc(-c2ccccc2)o1)c1nc(-c2ccccc2)cs1. The third-order valence-electron chi connectivity index (χ3n) is 4.05. The Balaban J connectivity index is 1.42. The minimum atomic E-state index is -0.915. The Hall–Kier alpha value is -3.28. The summed E-state index contributed by atoms with van der Waals surface area (Å²) >= 11 is 2.43. The molecular weight excluding hydrogens is 404 g/mol. The summed E-state index contributed by atoms with van der Waals surface area (Å²) in [6.07, 6.45) is 0. The Kier molecular flexibility index (Phi) is 5.79. The zero-order valence-electron chi connectivity index (χ0n) is 15.1. The molecule has 142 valence electrons. The van der Waals surface area contributed by atoms with Gasteiger partial charge in [0.15, 0.2) is 11.7 Å². The molecule has 0 aliphatic heterocycles. The number of thiazole rings is 1. The van der Waals surface area contributed by atoms with E-state index in [2.05, 4.69) is 21.3 Å². The zero-order valence-corrected chi connectivity index (χ0v) is 16.7. The average molecular weight is 419 g/mol. The molecule has 4 rings (SSSR count). The minimum Gasteiger partial charge on any atom is -0.411 e. The molecule has 0 saturated heterocycles. The van der Waals surface area contributed by atoms with Crippen LogP contribution in [0.3, 0.4) is 0 Å². The zero-order chi connectivity index (χ0) is 20.1. The Morgan fingerprint density at radius 3 is 2.45 bits per heavy atom. The van der Waals surface area contributed by atoms with Crippen LogP contribution < -0.4 is 0 Å². The fourth-order valence-corrected chi connectivity index (χ4v) is 4.17. The molecule has 0 aliphatic rings. The fourth-order valence-electron chi connectivity index (χ4n) is 2.61. The topological polar surface area (TPSA) is 92.7 Å². The van der Waals surface area contributed by atoms with Crippen LogP contribution >= 0.6 is 23.1 Å². The lowest BCUT2D eigenvalue weighted by Crippen LogP contribution is -2.13. The summed E-state index contributed by atoms with van der Waals surface area (Å²) in [5.74, 6) is -0.716. The van der Waals surface area contributed by atoms with Crippen molar-refractivity contribution < 1.29 is 9.21 Å². The second-order valence-corrected chi connectivity index (χ2v) is 7.81. The third-order valence-corrected chi connectivity index (χ3v) is 5.81. The fraction of sp³-hybridized carbons (Fsp3) is 0.0952. The first-order valence-corrected chi connectivity index (χ1v) is 10.6. The van der Waals surface area contributed by atoms with Crippen molar-refractivity contribution in [3.63, 3.8) is 0 Å². The van der Waals surface area contributed by atoms with Crippen LogP contribution in [0, 0.1) is 11.3 Å². The highest BCUT2D eigenvalue weighted by Crippen LogP contribution is 2.29. The Bertz CT molecular complexity index is 1150. The van der Waals surface area contributed by atoms with Gasteiger partial charge < -0.3 is 4.42 Å². The monoisotopic (exact) mass is 418 g/mol. The number of nitriles is 1. The highest BCUT2D eigenvalue weighted by atomic mass is 32.2. The molecule has 0 fully saturated rings. The summed E-state index contributed by atoms with van der Waals surface area (Å²) in [6.45, 7) is 0. The summed E-state index contributed by atoms with van der Waals surface area (Å²) < 4.78 is 5.59. The molecule has 4 aromatic rings. The van der Waals surface area contributed by atoms with Crippen LogP contribution in [-0.2, 0) is 4.79 Å². The lowest BCUT2D eigenvalue weighted by Gasteiger charge is -2.03. The number of carbonyl (C=O) groups excluding carboxylic acids is 1. The van der Waals surface area contributed by atoms with Crippen molar-refractivity contribution in [3.05, 3.63) is 71.1 Å². The van der Waals surface area contributed by atoms with Crippen molar-refractivity contribution in [2.45, 2.75) is 11.1 Å². The van der Waals surface area contributed by atoms with E-state index in [0.717, 1.165) is 28.6 Å². The number of thioether (sulfide) groups is 1. The molecule has 8 heteroatoms. The van der Waals surface area contributed by atoms with Crippen LogP contribution in [0.2, 0.25) is 0 Å². The predicted octanol–water partition coefficient (Wildman–Crippen LogP) is 4.83. The normalized spacial score (nSPS) is 11.7. The minimum absolute atomic E-state index is 0.0505. The van der Waals surface area contributed by atoms with Gasteiger partial charge in [-0.1, -0.05) is 60.3 Å². The van der Waals surface area contributed by atoms with Gasteiger partial charge in [-0.15, -0.1) is 21.5 Å². The first-order chi connectivity index (χ1) is 14.2. The Morgan fingerprint density at radius 1 is 1.07 bits per heavy atom. The second-order valence-electron chi connectivity index (χ2n) is 5.99. The molecule has 0 saturated carbocycles. The molecule has 6 nitrogen and oxygen atoms in total. The molecule has 0 radical (unpaired) electrons. The largest absolute Gasteiger partial charge is 0.411 e. The maximum atomic E-state index is 12.6. The summed E-state index contributed by atoms with van der Waals surface area (Å²) in [4.78, 5) is 17.1. The number of nitrogens with zero attached hydrogens (tertiary/aromatic N) is 4. The van der Waals surface area contributed by atoms with Crippen molar-refractivity contribution in [2.24, 2.45) is 0 Å². The molecule has 1 atom stereocenters. The molecule has 0 bridgehead atoms. The molecule has 0 N–H and O–H groups in total. The number of rotatable bonds is 7. The maximum absolute atomic E-state index is 12.6. The first kappa shape index (κ1) is 19.1. The second kappa shape index (κ2) is 8.82. The van der Waals surface area contributed by atoms with Gasteiger partial charge in [-0.25, -0.2) is 4.98 Å². The van der Waals surface area contributed by atoms with E-state index in [1.54, 1.807) is 0 Å². The quantitative estimate of drug-likeness (QED) is 0.397. The van der Waals surface area contributed by atoms with Crippen LogP contribution in [0.25, 0.3) is 22.7 Å². The van der Waals surface area contributed by atoms with Crippen LogP contribution in [0.5, 0.6) is 0 Å². The highest BCUT2D eigenvalue weighted by Gasteiger charge is 2.24. The molecule has 0 aliphatic carbocycles. The maximum Gasteiger partial charge on any atom is 0.277 e. The van der Waals surface area contributed by atoms with Gasteiger partial charge in [-0.3, -0.25) is 4.79 Å². The summed E-state index contributed by atoms with van der Waals surface area (Å²) in [5.41, 5.74) is 2.52. The number of aromatic nitrogens is 3. The Morgan fingerprint density at radius 2 is 1.76 bits per heavy atom. The number of benzene rings is 2. The number of hydrogen-bond acceptors (Lipinski definition) is 8. The van der Waals surface area contributed by atoms with Gasteiger partial charge in [0.05, 0.1) is 17.5 Å². The van der Waals surface area contributed by atoms with Gasteiger partial charge in [-0.2, -0.15) is 5.26 Å². The third kappa shape index (κ3) is 4.42. The molecule has 29 heavy (non-hydrogen) atoms. The van der Waals surface area contributed by atoms with Crippen LogP contribution in [-0.4, -0.2) is 26.7 Å². The molecule has 2 heterocycles.